The molecular formula is C30H38N4O6. The van der Waals surface area contributed by atoms with Gasteiger partial charge in [0.2, 0.25) is 0 Å². The average Bonchev–Trinajstić information content (AvgIpc) is 3.07. The average molecular weight is 551 g/mol. The first-order valence-electron chi connectivity index (χ1n) is 13.6. The predicted molar refractivity (Wildman–Crippen MR) is 151 cm³/mol. The third-order valence-electron chi connectivity index (χ3n) is 8.44. The molecule has 5 rings (SSSR count). The van der Waals surface area contributed by atoms with Crippen LogP contribution in [0.2, 0.25) is 0 Å². The number of hydrogen-bond donors (Lipinski definition) is 1. The smallest absolute Gasteiger partial charge is 0.325 e. The number of nitrogens with one attached hydrogen (secondary N) is 1. The number of methoxy groups -OCH3 is 4. The Balaban J connectivity index is 1.41. The number of carbonyl (C=O) groups is 2. The van der Waals surface area contributed by atoms with E-state index in [0.29, 0.717) is 62.0 Å². The quantitative estimate of drug-likeness (QED) is 0.542. The largest absolute Gasteiger partial charge is 0.497 e. The monoisotopic (exact) mass is 550 g/mol. The highest BCUT2D eigenvalue weighted by Gasteiger charge is 2.55. The molecule has 0 radical (unpaired) electrons. The standard InChI is InChI=1S/C30H38N4O6/c1-7-34-29(36)33-18-20-15-22(38-4)17-25(40-6)27(20)19(2)14-26(33)30(34)10-12-32(13-11-30)28(35)31-23-16-21(37-3)8-9-24(23)39-5/h8-9,14-17,19H,7,10-13,18H2,1-6H3,(H,31,35). The molecule has 3 aliphatic heterocycles. The Labute approximate surface area is 235 Å². The molecule has 4 amide bonds. The number of benzene rings is 2. The molecule has 10 nitrogen and oxygen atoms in total. The summed E-state index contributed by atoms with van der Waals surface area (Å²) in [4.78, 5) is 32.8. The van der Waals surface area contributed by atoms with Crippen molar-refractivity contribution in [2.75, 3.05) is 53.4 Å². The van der Waals surface area contributed by atoms with Crippen molar-refractivity contribution >= 4 is 17.7 Å². The highest BCUT2D eigenvalue weighted by molar-refractivity contribution is 5.91. The van der Waals surface area contributed by atoms with Crippen molar-refractivity contribution in [3.63, 3.8) is 0 Å². The van der Waals surface area contributed by atoms with Gasteiger partial charge in [0.25, 0.3) is 0 Å². The van der Waals surface area contributed by atoms with E-state index in [0.717, 1.165) is 22.6 Å². The number of nitrogens with zero attached hydrogens (tertiary/aromatic N) is 3. The summed E-state index contributed by atoms with van der Waals surface area (Å²) in [6, 6.07) is 8.97. The van der Waals surface area contributed by atoms with Crippen molar-refractivity contribution in [2.24, 2.45) is 0 Å². The summed E-state index contributed by atoms with van der Waals surface area (Å²) in [6.45, 7) is 6.20. The van der Waals surface area contributed by atoms with Crippen molar-refractivity contribution < 1.29 is 28.5 Å². The summed E-state index contributed by atoms with van der Waals surface area (Å²) in [5, 5.41) is 2.98. The Bertz CT molecular complexity index is 1330. The second-order valence-corrected chi connectivity index (χ2v) is 10.4. The molecule has 3 heterocycles. The number of piperidine rings is 1. The first kappa shape index (κ1) is 27.5. The molecule has 1 spiro atoms. The van der Waals surface area contributed by atoms with E-state index < -0.39 is 5.54 Å². The molecule has 2 aromatic rings. The number of likely N-dealkylation sites (tertiary alicyclic amines) is 1. The van der Waals surface area contributed by atoms with E-state index in [1.54, 1.807) is 51.5 Å². The van der Waals surface area contributed by atoms with Crippen LogP contribution in [0.3, 0.4) is 0 Å². The van der Waals surface area contributed by atoms with Crippen LogP contribution in [0, 0.1) is 0 Å². The zero-order chi connectivity index (χ0) is 28.6. The van der Waals surface area contributed by atoms with E-state index in [1.807, 2.05) is 28.9 Å². The Hall–Kier alpha value is -4.08. The van der Waals surface area contributed by atoms with Crippen molar-refractivity contribution in [1.82, 2.24) is 14.7 Å². The molecule has 0 saturated carbocycles. The van der Waals surface area contributed by atoms with Crippen molar-refractivity contribution in [3.8, 4) is 23.0 Å². The Morgan fingerprint density at radius 1 is 0.975 bits per heavy atom. The third-order valence-corrected chi connectivity index (χ3v) is 8.44. The minimum Gasteiger partial charge on any atom is -0.497 e. The van der Waals surface area contributed by atoms with Crippen LogP contribution in [0.25, 0.3) is 0 Å². The lowest BCUT2D eigenvalue weighted by Crippen LogP contribution is -2.55. The summed E-state index contributed by atoms with van der Waals surface area (Å²) in [7, 11) is 6.44. The summed E-state index contributed by atoms with van der Waals surface area (Å²) in [5.41, 5.74) is 3.16. The van der Waals surface area contributed by atoms with Gasteiger partial charge in [-0.05, 0) is 43.5 Å². The summed E-state index contributed by atoms with van der Waals surface area (Å²) < 4.78 is 22.0. The van der Waals surface area contributed by atoms with Crippen molar-refractivity contribution in [2.45, 2.75) is 44.7 Å². The maximum Gasteiger partial charge on any atom is 0.325 e. The molecule has 1 atom stereocenters. The highest BCUT2D eigenvalue weighted by Crippen LogP contribution is 2.49. The molecule has 40 heavy (non-hydrogen) atoms. The number of ether oxygens (including phenoxy) is 4. The number of allylic oxidation sites excluding steroid dienone is 1. The van der Waals surface area contributed by atoms with E-state index in [-0.39, 0.29) is 18.0 Å². The van der Waals surface area contributed by atoms with Gasteiger partial charge in [-0.25, -0.2) is 9.59 Å². The van der Waals surface area contributed by atoms with Crippen LogP contribution in [0.5, 0.6) is 23.0 Å². The molecule has 2 saturated heterocycles. The highest BCUT2D eigenvalue weighted by atomic mass is 16.5. The first-order valence-corrected chi connectivity index (χ1v) is 13.6. The zero-order valence-corrected chi connectivity index (χ0v) is 24.1. The molecule has 1 N–H and O–H groups in total. The maximum absolute atomic E-state index is 13.8. The Morgan fingerprint density at radius 3 is 2.30 bits per heavy atom. The van der Waals surface area contributed by atoms with Gasteiger partial charge < -0.3 is 34.1 Å². The van der Waals surface area contributed by atoms with Gasteiger partial charge >= 0.3 is 12.1 Å². The third kappa shape index (κ3) is 4.45. The molecule has 3 aliphatic rings. The van der Waals surface area contributed by atoms with Crippen LogP contribution >= 0.6 is 0 Å². The Morgan fingerprint density at radius 2 is 1.68 bits per heavy atom. The van der Waals surface area contributed by atoms with Gasteiger partial charge in [-0.15, -0.1) is 0 Å². The predicted octanol–water partition coefficient (Wildman–Crippen LogP) is 5.05. The first-order chi connectivity index (χ1) is 19.3. The molecule has 10 heteroatoms. The number of likely N-dealkylation sites (N-methyl/N-ethyl adjacent to an activating group) is 1. The minimum absolute atomic E-state index is 0.00500. The second-order valence-electron chi connectivity index (χ2n) is 10.4. The van der Waals surface area contributed by atoms with E-state index in [1.165, 1.54) is 0 Å². The molecular weight excluding hydrogens is 512 g/mol. The molecule has 0 bridgehead atoms. The molecule has 2 aromatic carbocycles. The van der Waals surface area contributed by atoms with Gasteiger partial charge in [-0.1, -0.05) is 13.0 Å². The maximum atomic E-state index is 13.8. The van der Waals surface area contributed by atoms with Gasteiger partial charge in [0.15, 0.2) is 0 Å². The van der Waals surface area contributed by atoms with Crippen LogP contribution in [-0.4, -0.2) is 80.4 Å². The van der Waals surface area contributed by atoms with Gasteiger partial charge in [-0.3, -0.25) is 4.90 Å². The molecule has 214 valence electrons. The lowest BCUT2D eigenvalue weighted by molar-refractivity contribution is 0.106. The second kappa shape index (κ2) is 10.8. The topological polar surface area (TPSA) is 92.8 Å². The van der Waals surface area contributed by atoms with Gasteiger partial charge in [0.1, 0.15) is 23.0 Å². The number of rotatable bonds is 6. The van der Waals surface area contributed by atoms with Gasteiger partial charge in [-0.2, -0.15) is 0 Å². The molecule has 2 fully saturated rings. The lowest BCUT2D eigenvalue weighted by atomic mass is 9.82. The minimum atomic E-state index is -0.482. The summed E-state index contributed by atoms with van der Waals surface area (Å²) in [5.74, 6) is 2.67. The number of anilines is 1. The fraction of sp³-hybridized carbons (Fsp3) is 0.467. The van der Waals surface area contributed by atoms with Crippen LogP contribution in [0.15, 0.2) is 42.1 Å². The Kier molecular flexibility index (Phi) is 7.44. The molecule has 1 unspecified atom stereocenters. The van der Waals surface area contributed by atoms with Crippen molar-refractivity contribution in [1.29, 1.82) is 0 Å². The zero-order valence-electron chi connectivity index (χ0n) is 24.1. The number of hydrogen-bond acceptors (Lipinski definition) is 6. The summed E-state index contributed by atoms with van der Waals surface area (Å²) >= 11 is 0. The normalized spacial score (nSPS) is 19.4. The van der Waals surface area contributed by atoms with Crippen LogP contribution in [0.1, 0.15) is 43.7 Å². The number of carbonyl (C=O) groups excluding carboxylic acids is 2. The van der Waals surface area contributed by atoms with E-state index in [4.69, 9.17) is 18.9 Å². The lowest BCUT2D eigenvalue weighted by Gasteiger charge is -2.44. The van der Waals surface area contributed by atoms with Crippen LogP contribution in [0.4, 0.5) is 15.3 Å². The van der Waals surface area contributed by atoms with Gasteiger partial charge in [0, 0.05) is 48.9 Å². The van der Waals surface area contributed by atoms with E-state index in [2.05, 4.69) is 18.3 Å². The van der Waals surface area contributed by atoms with Gasteiger partial charge in [0.05, 0.1) is 46.2 Å². The number of amides is 4. The number of fused-ring (bicyclic) bond motifs is 3. The fourth-order valence-electron chi connectivity index (χ4n) is 6.45. The fourth-order valence-corrected chi connectivity index (χ4v) is 6.45. The van der Waals surface area contributed by atoms with Crippen LogP contribution < -0.4 is 24.3 Å². The number of urea groups is 2. The molecule has 0 aromatic heterocycles. The van der Waals surface area contributed by atoms with Crippen molar-refractivity contribution in [3.05, 3.63) is 53.2 Å². The van der Waals surface area contributed by atoms with E-state index in [9.17, 15) is 9.59 Å². The van der Waals surface area contributed by atoms with E-state index >= 15 is 0 Å². The SMILES string of the molecule is CCN1C(=O)N2Cc3cc(OC)cc(OC)c3C(C)C=C2C12CCN(C(=O)Nc1cc(OC)ccc1OC)CC2. The van der Waals surface area contributed by atoms with Crippen LogP contribution in [-0.2, 0) is 6.54 Å². The molecule has 0 aliphatic carbocycles. The summed E-state index contributed by atoms with van der Waals surface area (Å²) in [6.07, 6.45) is 3.49.